The molecule has 134 valence electrons. The van der Waals surface area contributed by atoms with E-state index in [0.717, 1.165) is 0 Å². The fraction of sp³-hybridized carbons (Fsp3) is 0. The molecule has 1 aromatic heterocycles. The fourth-order valence-corrected chi connectivity index (χ4v) is 2.44. The van der Waals surface area contributed by atoms with Gasteiger partial charge in [-0.15, -0.1) is 0 Å². The molecule has 3 rings (SSSR count). The minimum atomic E-state index is -0.441. The minimum absolute atomic E-state index is 0.0479. The third kappa shape index (κ3) is 4.04. The summed E-state index contributed by atoms with van der Waals surface area (Å²) >= 11 is 0. The molecule has 0 saturated heterocycles. The van der Waals surface area contributed by atoms with Crippen LogP contribution in [0.4, 0.5) is 10.2 Å². The normalized spacial score (nSPS) is 11.1. The molecule has 0 radical (unpaired) electrons. The summed E-state index contributed by atoms with van der Waals surface area (Å²) in [6.45, 7) is 6.91. The molecule has 2 aromatic carbocycles. The molecule has 0 amide bonds. The Hall–Kier alpha value is -3.87. The number of aliphatic imine (C=N–C) groups is 2. The van der Waals surface area contributed by atoms with Crippen LogP contribution in [0.15, 0.2) is 77.6 Å². The van der Waals surface area contributed by atoms with Gasteiger partial charge in [-0.25, -0.2) is 19.4 Å². The van der Waals surface area contributed by atoms with Crippen LogP contribution in [0.2, 0.25) is 0 Å². The molecule has 0 unspecified atom stereocenters. The van der Waals surface area contributed by atoms with Crippen LogP contribution in [0, 0.1) is 5.82 Å². The molecule has 0 atom stereocenters. The topological polar surface area (TPSA) is 85.8 Å². The highest BCUT2D eigenvalue weighted by atomic mass is 19.1. The van der Waals surface area contributed by atoms with E-state index in [1.807, 2.05) is 6.07 Å². The van der Waals surface area contributed by atoms with E-state index >= 15 is 0 Å². The van der Waals surface area contributed by atoms with Gasteiger partial charge in [0.15, 0.2) is 0 Å². The van der Waals surface area contributed by atoms with Gasteiger partial charge in [0.1, 0.15) is 17.4 Å². The van der Waals surface area contributed by atoms with Crippen LogP contribution in [0.5, 0.6) is 5.75 Å². The van der Waals surface area contributed by atoms with Gasteiger partial charge in [-0.2, -0.15) is 0 Å². The lowest BCUT2D eigenvalue weighted by Gasteiger charge is -2.11. The summed E-state index contributed by atoms with van der Waals surface area (Å²) in [6, 6.07) is 12.0. The van der Waals surface area contributed by atoms with Gasteiger partial charge in [-0.1, -0.05) is 30.8 Å². The molecule has 1 heterocycles. The average Bonchev–Trinajstić information content (AvgIpc) is 2.69. The molecule has 0 bridgehead atoms. The third-order valence-corrected chi connectivity index (χ3v) is 3.65. The van der Waals surface area contributed by atoms with E-state index < -0.39 is 5.82 Å². The second-order valence-corrected chi connectivity index (χ2v) is 5.37. The summed E-state index contributed by atoms with van der Waals surface area (Å²) in [5.41, 5.74) is 7.54. The molecule has 2 N–H and O–H groups in total. The number of aromatic nitrogens is 2. The van der Waals surface area contributed by atoms with E-state index in [1.54, 1.807) is 30.3 Å². The number of ether oxygens (including phenoxy) is 1. The summed E-state index contributed by atoms with van der Waals surface area (Å²) in [4.78, 5) is 15.6. The van der Waals surface area contributed by atoms with Crippen molar-refractivity contribution < 1.29 is 9.13 Å². The first kappa shape index (κ1) is 17.9. The van der Waals surface area contributed by atoms with Crippen LogP contribution >= 0.6 is 0 Å². The minimum Gasteiger partial charge on any atom is -0.424 e. The van der Waals surface area contributed by atoms with Crippen molar-refractivity contribution in [2.75, 3.05) is 5.73 Å². The molecule has 0 aliphatic rings. The molecular formula is C20H16FN5O. The monoisotopic (exact) mass is 361 g/mol. The first-order valence-corrected chi connectivity index (χ1v) is 7.92. The maximum atomic E-state index is 14.7. The highest BCUT2D eigenvalue weighted by molar-refractivity contribution is 5.84. The summed E-state index contributed by atoms with van der Waals surface area (Å²) in [5, 5.41) is 0. The Kier molecular flexibility index (Phi) is 5.32. The Bertz CT molecular complexity index is 1020. The van der Waals surface area contributed by atoms with E-state index in [-0.39, 0.29) is 11.8 Å². The summed E-state index contributed by atoms with van der Waals surface area (Å²) < 4.78 is 20.3. The zero-order valence-electron chi connectivity index (χ0n) is 14.3. The van der Waals surface area contributed by atoms with Gasteiger partial charge in [0.2, 0.25) is 0 Å². The number of hydrogen-bond acceptors (Lipinski definition) is 5. The van der Waals surface area contributed by atoms with Crippen molar-refractivity contribution in [3.8, 4) is 28.1 Å². The van der Waals surface area contributed by atoms with Crippen molar-refractivity contribution in [1.29, 1.82) is 0 Å². The van der Waals surface area contributed by atoms with E-state index in [0.29, 0.717) is 28.1 Å². The maximum Gasteiger partial charge on any atom is 0.321 e. The molecule has 7 heteroatoms. The Morgan fingerprint density at radius 2 is 1.93 bits per heavy atom. The number of rotatable bonds is 4. The van der Waals surface area contributed by atoms with Crippen molar-refractivity contribution in [1.82, 2.24) is 9.97 Å². The molecule has 0 aliphatic heterocycles. The molecule has 0 fully saturated rings. The van der Waals surface area contributed by atoms with E-state index in [1.165, 1.54) is 24.7 Å². The predicted octanol–water partition coefficient (Wildman–Crippen LogP) is 4.11. The highest BCUT2D eigenvalue weighted by Gasteiger charge is 2.13. The van der Waals surface area contributed by atoms with E-state index in [4.69, 9.17) is 10.5 Å². The standard InChI is InChI=1S/C20H16FN5O/c1-3-24-20(23-2)27-18-7-5-4-6-14(18)13-8-9-15(16(21)10-13)17-11-26-19(22)12-25-17/h3-12H,1-2H2,(H2,22,26). The van der Waals surface area contributed by atoms with Crippen LogP contribution in [0.1, 0.15) is 0 Å². The second kappa shape index (κ2) is 8.01. The van der Waals surface area contributed by atoms with Crippen LogP contribution in [-0.4, -0.2) is 22.7 Å². The number of nitrogen functional groups attached to an aromatic ring is 1. The third-order valence-electron chi connectivity index (χ3n) is 3.65. The Balaban J connectivity index is 1.99. The van der Waals surface area contributed by atoms with Crippen LogP contribution in [-0.2, 0) is 0 Å². The second-order valence-electron chi connectivity index (χ2n) is 5.37. The van der Waals surface area contributed by atoms with Crippen molar-refractivity contribution in [3.05, 3.63) is 73.5 Å². The number of nitrogens with zero attached hydrogens (tertiary/aromatic N) is 4. The van der Waals surface area contributed by atoms with Gasteiger partial charge < -0.3 is 10.5 Å². The molecule has 0 spiro atoms. The summed E-state index contributed by atoms with van der Waals surface area (Å²) in [7, 11) is 0. The van der Waals surface area contributed by atoms with Gasteiger partial charge in [0.05, 0.1) is 18.1 Å². The molecule has 3 aromatic rings. The lowest BCUT2D eigenvalue weighted by atomic mass is 10.0. The van der Waals surface area contributed by atoms with E-state index in [9.17, 15) is 4.39 Å². The number of para-hydroxylation sites is 1. The largest absolute Gasteiger partial charge is 0.424 e. The number of amidine groups is 1. The fourth-order valence-electron chi connectivity index (χ4n) is 2.44. The number of benzene rings is 2. The number of hydrogen-bond donors (Lipinski definition) is 1. The van der Waals surface area contributed by atoms with Gasteiger partial charge >= 0.3 is 6.02 Å². The van der Waals surface area contributed by atoms with Crippen molar-refractivity contribution >= 4 is 18.6 Å². The first-order chi connectivity index (χ1) is 13.1. The van der Waals surface area contributed by atoms with Crippen LogP contribution in [0.3, 0.4) is 0 Å². The molecule has 27 heavy (non-hydrogen) atoms. The highest BCUT2D eigenvalue weighted by Crippen LogP contribution is 2.33. The first-order valence-electron chi connectivity index (χ1n) is 7.92. The van der Waals surface area contributed by atoms with Crippen LogP contribution in [0.25, 0.3) is 22.4 Å². The SMILES string of the molecule is C=CN=C(N=C)Oc1ccccc1-c1ccc(-c2cnc(N)cn2)c(F)c1. The number of anilines is 1. The van der Waals surface area contributed by atoms with Crippen molar-refractivity contribution in [2.24, 2.45) is 9.98 Å². The van der Waals surface area contributed by atoms with E-state index in [2.05, 4.69) is 33.2 Å². The zero-order valence-corrected chi connectivity index (χ0v) is 14.3. The van der Waals surface area contributed by atoms with Crippen LogP contribution < -0.4 is 10.5 Å². The predicted molar refractivity (Wildman–Crippen MR) is 105 cm³/mol. The maximum absolute atomic E-state index is 14.7. The lowest BCUT2D eigenvalue weighted by Crippen LogP contribution is -2.05. The molecule has 6 nitrogen and oxygen atoms in total. The summed E-state index contributed by atoms with van der Waals surface area (Å²) in [6.07, 6.45) is 4.11. The smallest absolute Gasteiger partial charge is 0.321 e. The van der Waals surface area contributed by atoms with Crippen molar-refractivity contribution in [3.63, 3.8) is 0 Å². The molecule has 0 saturated carbocycles. The average molecular weight is 361 g/mol. The molecule has 0 aliphatic carbocycles. The van der Waals surface area contributed by atoms with Gasteiger partial charge in [-0.3, -0.25) is 4.98 Å². The lowest BCUT2D eigenvalue weighted by molar-refractivity contribution is 0.545. The zero-order chi connectivity index (χ0) is 19.2. The Morgan fingerprint density at radius 3 is 2.59 bits per heavy atom. The quantitative estimate of drug-likeness (QED) is 0.560. The number of halogens is 1. The van der Waals surface area contributed by atoms with Gasteiger partial charge in [-0.05, 0) is 30.5 Å². The van der Waals surface area contributed by atoms with Gasteiger partial charge in [0, 0.05) is 17.3 Å². The van der Waals surface area contributed by atoms with Gasteiger partial charge in [0.25, 0.3) is 0 Å². The molecular weight excluding hydrogens is 345 g/mol. The Morgan fingerprint density at radius 1 is 1.11 bits per heavy atom. The number of nitrogens with two attached hydrogens (primary N) is 1. The van der Waals surface area contributed by atoms with Crippen molar-refractivity contribution in [2.45, 2.75) is 0 Å². The Labute approximate surface area is 155 Å². The summed E-state index contributed by atoms with van der Waals surface area (Å²) in [5.74, 6) is 0.294.